The van der Waals surface area contributed by atoms with E-state index in [-0.39, 0.29) is 12.5 Å². The number of esters is 1. The van der Waals surface area contributed by atoms with Crippen molar-refractivity contribution in [2.45, 2.75) is 30.6 Å². The molecule has 1 amide bonds. The molecule has 6 heteroatoms. The summed E-state index contributed by atoms with van der Waals surface area (Å²) in [6.45, 7) is 5.77. The lowest BCUT2D eigenvalue weighted by molar-refractivity contribution is -0.119. The predicted octanol–water partition coefficient (Wildman–Crippen LogP) is 5.62. The van der Waals surface area contributed by atoms with E-state index >= 15 is 0 Å². The molecule has 28 heavy (non-hydrogen) atoms. The molecule has 0 fully saturated rings. The standard InChI is InChI=1S/C22H21NO3S2/c1-14-4-5-15(2)20(12-14)28-18-9-7-17(8-10-18)23-21(24)13-26-22(25)19-11-6-16(3)27-19/h4-12H,13H2,1-3H3,(H,23,24). The highest BCUT2D eigenvalue weighted by molar-refractivity contribution is 7.99. The van der Waals surface area contributed by atoms with E-state index in [1.165, 1.54) is 27.4 Å². The molecular formula is C22H21NO3S2. The van der Waals surface area contributed by atoms with Crippen LogP contribution >= 0.6 is 23.1 Å². The molecule has 1 aromatic heterocycles. The number of thiophene rings is 1. The van der Waals surface area contributed by atoms with Gasteiger partial charge in [0.1, 0.15) is 4.88 Å². The second-order valence-electron chi connectivity index (χ2n) is 6.43. The Morgan fingerprint density at radius 1 is 1.00 bits per heavy atom. The summed E-state index contributed by atoms with van der Waals surface area (Å²) in [4.78, 5) is 27.7. The Hall–Kier alpha value is -2.57. The molecule has 0 aliphatic heterocycles. The van der Waals surface area contributed by atoms with Crippen molar-refractivity contribution in [1.82, 2.24) is 0 Å². The van der Waals surface area contributed by atoms with Crippen LogP contribution in [0.25, 0.3) is 0 Å². The van der Waals surface area contributed by atoms with Gasteiger partial charge >= 0.3 is 5.97 Å². The molecule has 0 radical (unpaired) electrons. The van der Waals surface area contributed by atoms with Gasteiger partial charge in [-0.15, -0.1) is 11.3 Å². The normalized spacial score (nSPS) is 10.5. The van der Waals surface area contributed by atoms with E-state index in [9.17, 15) is 9.59 Å². The fourth-order valence-electron chi connectivity index (χ4n) is 2.49. The molecule has 0 aliphatic rings. The zero-order valence-corrected chi connectivity index (χ0v) is 17.6. The van der Waals surface area contributed by atoms with Gasteiger partial charge in [-0.1, -0.05) is 23.9 Å². The number of amides is 1. The number of hydrogen-bond acceptors (Lipinski definition) is 5. The van der Waals surface area contributed by atoms with Gasteiger partial charge in [0.15, 0.2) is 6.61 Å². The minimum absolute atomic E-state index is 0.311. The Labute approximate surface area is 172 Å². The van der Waals surface area contributed by atoms with Crippen LogP contribution in [0.15, 0.2) is 64.4 Å². The summed E-state index contributed by atoms with van der Waals surface area (Å²) in [7, 11) is 0. The van der Waals surface area contributed by atoms with Gasteiger partial charge in [-0.3, -0.25) is 4.79 Å². The number of aryl methyl sites for hydroxylation is 3. The number of rotatable bonds is 6. The van der Waals surface area contributed by atoms with E-state index in [0.717, 1.165) is 9.77 Å². The first-order valence-electron chi connectivity index (χ1n) is 8.79. The Morgan fingerprint density at radius 3 is 2.43 bits per heavy atom. The van der Waals surface area contributed by atoms with Crippen molar-refractivity contribution in [2.24, 2.45) is 0 Å². The zero-order chi connectivity index (χ0) is 20.1. The fourth-order valence-corrected chi connectivity index (χ4v) is 4.26. The third-order valence-electron chi connectivity index (χ3n) is 3.99. The zero-order valence-electron chi connectivity index (χ0n) is 15.9. The Bertz CT molecular complexity index is 993. The summed E-state index contributed by atoms with van der Waals surface area (Å²) in [6.07, 6.45) is 0. The largest absolute Gasteiger partial charge is 0.451 e. The van der Waals surface area contributed by atoms with Gasteiger partial charge in [0.2, 0.25) is 0 Å². The average molecular weight is 412 g/mol. The van der Waals surface area contributed by atoms with E-state index in [0.29, 0.717) is 10.6 Å². The Kier molecular flexibility index (Phi) is 6.54. The van der Waals surface area contributed by atoms with E-state index in [4.69, 9.17) is 4.74 Å². The summed E-state index contributed by atoms with van der Waals surface area (Å²) in [5.41, 5.74) is 3.12. The molecule has 0 unspecified atom stereocenters. The Morgan fingerprint density at radius 2 is 1.75 bits per heavy atom. The highest BCUT2D eigenvalue weighted by Crippen LogP contribution is 2.31. The van der Waals surface area contributed by atoms with Crippen LogP contribution in [0, 0.1) is 20.8 Å². The van der Waals surface area contributed by atoms with E-state index in [1.807, 2.05) is 37.3 Å². The molecule has 144 valence electrons. The van der Waals surface area contributed by atoms with Gasteiger partial charge in [0, 0.05) is 20.4 Å². The van der Waals surface area contributed by atoms with Crippen LogP contribution in [-0.2, 0) is 9.53 Å². The van der Waals surface area contributed by atoms with Gasteiger partial charge in [0.25, 0.3) is 5.91 Å². The van der Waals surface area contributed by atoms with Crippen molar-refractivity contribution in [3.05, 3.63) is 75.5 Å². The van der Waals surface area contributed by atoms with Gasteiger partial charge in [-0.25, -0.2) is 4.79 Å². The molecule has 0 spiro atoms. The van der Waals surface area contributed by atoms with Crippen molar-refractivity contribution in [3.8, 4) is 0 Å². The maximum Gasteiger partial charge on any atom is 0.348 e. The molecule has 0 aliphatic carbocycles. The molecule has 1 heterocycles. The highest BCUT2D eigenvalue weighted by atomic mass is 32.2. The summed E-state index contributed by atoms with van der Waals surface area (Å²) < 4.78 is 5.06. The van der Waals surface area contributed by atoms with Crippen molar-refractivity contribution in [3.63, 3.8) is 0 Å². The third-order valence-corrected chi connectivity index (χ3v) is 6.13. The quantitative estimate of drug-likeness (QED) is 0.535. The minimum atomic E-state index is -0.478. The lowest BCUT2D eigenvalue weighted by Crippen LogP contribution is -2.20. The van der Waals surface area contributed by atoms with E-state index < -0.39 is 5.97 Å². The Balaban J connectivity index is 1.53. The molecule has 0 saturated carbocycles. The molecule has 0 atom stereocenters. The lowest BCUT2D eigenvalue weighted by atomic mass is 10.2. The van der Waals surface area contributed by atoms with Crippen molar-refractivity contribution in [1.29, 1.82) is 0 Å². The molecule has 1 N–H and O–H groups in total. The highest BCUT2D eigenvalue weighted by Gasteiger charge is 2.12. The SMILES string of the molecule is Cc1ccc(C)c(Sc2ccc(NC(=O)COC(=O)c3ccc(C)s3)cc2)c1. The first-order valence-corrected chi connectivity index (χ1v) is 10.4. The molecule has 0 bridgehead atoms. The van der Waals surface area contributed by atoms with Crippen LogP contribution in [0.5, 0.6) is 0 Å². The smallest absolute Gasteiger partial charge is 0.348 e. The molecule has 3 aromatic rings. The molecule has 4 nitrogen and oxygen atoms in total. The van der Waals surface area contributed by atoms with Crippen LogP contribution in [0.3, 0.4) is 0 Å². The second kappa shape index (κ2) is 9.08. The number of hydrogen-bond donors (Lipinski definition) is 1. The maximum atomic E-state index is 12.0. The second-order valence-corrected chi connectivity index (χ2v) is 8.83. The number of benzene rings is 2. The summed E-state index contributed by atoms with van der Waals surface area (Å²) in [5.74, 6) is -0.843. The van der Waals surface area contributed by atoms with Crippen LogP contribution in [0.2, 0.25) is 0 Å². The number of carbonyl (C=O) groups excluding carboxylic acids is 2. The van der Waals surface area contributed by atoms with Crippen molar-refractivity contribution >= 4 is 40.7 Å². The van der Waals surface area contributed by atoms with Crippen molar-refractivity contribution in [2.75, 3.05) is 11.9 Å². The van der Waals surface area contributed by atoms with Crippen LogP contribution < -0.4 is 5.32 Å². The number of anilines is 1. The van der Waals surface area contributed by atoms with E-state index in [2.05, 4.69) is 37.4 Å². The van der Waals surface area contributed by atoms with Crippen LogP contribution in [-0.4, -0.2) is 18.5 Å². The van der Waals surface area contributed by atoms with Gasteiger partial charge in [-0.05, 0) is 74.4 Å². The summed E-state index contributed by atoms with van der Waals surface area (Å²) in [5, 5.41) is 2.74. The average Bonchev–Trinajstić information content (AvgIpc) is 3.11. The maximum absolute atomic E-state index is 12.0. The number of nitrogens with one attached hydrogen (secondary N) is 1. The first-order chi connectivity index (χ1) is 13.4. The number of carbonyl (C=O) groups is 2. The monoisotopic (exact) mass is 411 g/mol. The minimum Gasteiger partial charge on any atom is -0.451 e. The van der Waals surface area contributed by atoms with Gasteiger partial charge < -0.3 is 10.1 Å². The van der Waals surface area contributed by atoms with Crippen LogP contribution in [0.4, 0.5) is 5.69 Å². The molecule has 2 aromatic carbocycles. The molecule has 0 saturated heterocycles. The topological polar surface area (TPSA) is 55.4 Å². The third kappa shape index (κ3) is 5.47. The van der Waals surface area contributed by atoms with Gasteiger partial charge in [-0.2, -0.15) is 0 Å². The number of ether oxygens (including phenoxy) is 1. The van der Waals surface area contributed by atoms with Crippen LogP contribution in [0.1, 0.15) is 25.7 Å². The van der Waals surface area contributed by atoms with E-state index in [1.54, 1.807) is 17.8 Å². The summed E-state index contributed by atoms with van der Waals surface area (Å²) >= 11 is 3.04. The summed E-state index contributed by atoms with van der Waals surface area (Å²) in [6, 6.07) is 17.5. The molecule has 3 rings (SSSR count). The molecular weight excluding hydrogens is 390 g/mol. The van der Waals surface area contributed by atoms with Crippen molar-refractivity contribution < 1.29 is 14.3 Å². The lowest BCUT2D eigenvalue weighted by Gasteiger charge is -2.09. The van der Waals surface area contributed by atoms with Gasteiger partial charge in [0.05, 0.1) is 0 Å². The first kappa shape index (κ1) is 20.2. The predicted molar refractivity (Wildman–Crippen MR) is 114 cm³/mol. The fraction of sp³-hybridized carbons (Fsp3) is 0.182.